The standard InChI is InChI=1S/C18H14N4O/c23-15-8-4-5-13(11-15)16-12-18(20-14-6-2-1-3-7-14)22-17(21-16)9-10-19-22/h1-12,20,23H. The Morgan fingerprint density at radius 3 is 2.61 bits per heavy atom. The van der Waals surface area contributed by atoms with Gasteiger partial charge in [0, 0.05) is 23.4 Å². The number of nitrogens with zero attached hydrogens (tertiary/aromatic N) is 3. The molecule has 2 aromatic heterocycles. The molecule has 5 heteroatoms. The van der Waals surface area contributed by atoms with Crippen molar-refractivity contribution in [1.82, 2.24) is 14.6 Å². The number of hydrogen-bond donors (Lipinski definition) is 2. The highest BCUT2D eigenvalue weighted by Gasteiger charge is 2.09. The molecule has 0 atom stereocenters. The summed E-state index contributed by atoms with van der Waals surface area (Å²) in [6, 6.07) is 20.7. The fourth-order valence-electron chi connectivity index (χ4n) is 2.48. The maximum absolute atomic E-state index is 9.69. The van der Waals surface area contributed by atoms with Crippen LogP contribution < -0.4 is 5.32 Å². The van der Waals surface area contributed by atoms with E-state index in [4.69, 9.17) is 0 Å². The van der Waals surface area contributed by atoms with Crippen molar-refractivity contribution in [2.75, 3.05) is 5.32 Å². The van der Waals surface area contributed by atoms with E-state index in [0.717, 1.165) is 28.4 Å². The van der Waals surface area contributed by atoms with Gasteiger partial charge in [0.25, 0.3) is 0 Å². The van der Waals surface area contributed by atoms with Gasteiger partial charge >= 0.3 is 0 Å². The molecule has 5 nitrogen and oxygen atoms in total. The zero-order valence-electron chi connectivity index (χ0n) is 12.2. The quantitative estimate of drug-likeness (QED) is 0.603. The van der Waals surface area contributed by atoms with Gasteiger partial charge < -0.3 is 10.4 Å². The van der Waals surface area contributed by atoms with Crippen LogP contribution in [0, 0.1) is 0 Å². The molecule has 4 aromatic rings. The molecular formula is C18H14N4O. The van der Waals surface area contributed by atoms with Crippen LogP contribution in [0.1, 0.15) is 0 Å². The number of rotatable bonds is 3. The van der Waals surface area contributed by atoms with Gasteiger partial charge in [-0.25, -0.2) is 4.98 Å². The number of aromatic hydroxyl groups is 1. The summed E-state index contributed by atoms with van der Waals surface area (Å²) in [5, 5.41) is 17.4. The predicted molar refractivity (Wildman–Crippen MR) is 89.8 cm³/mol. The van der Waals surface area contributed by atoms with Crippen molar-refractivity contribution in [3.63, 3.8) is 0 Å². The predicted octanol–water partition coefficient (Wildman–Crippen LogP) is 3.85. The van der Waals surface area contributed by atoms with E-state index in [1.807, 2.05) is 48.5 Å². The molecule has 0 amide bonds. The number of aromatic nitrogens is 3. The highest BCUT2D eigenvalue weighted by Crippen LogP contribution is 2.26. The lowest BCUT2D eigenvalue weighted by Gasteiger charge is -2.11. The minimum Gasteiger partial charge on any atom is -0.508 e. The van der Waals surface area contributed by atoms with Crippen LogP contribution in [0.25, 0.3) is 16.9 Å². The topological polar surface area (TPSA) is 62.5 Å². The van der Waals surface area contributed by atoms with Crippen LogP contribution in [0.2, 0.25) is 0 Å². The number of nitrogens with one attached hydrogen (secondary N) is 1. The number of phenolic OH excluding ortho intramolecular Hbond substituents is 1. The molecule has 0 radical (unpaired) electrons. The largest absolute Gasteiger partial charge is 0.508 e. The minimum absolute atomic E-state index is 0.218. The highest BCUT2D eigenvalue weighted by atomic mass is 16.3. The summed E-state index contributed by atoms with van der Waals surface area (Å²) in [7, 11) is 0. The number of benzene rings is 2. The SMILES string of the molecule is Oc1cccc(-c2cc(Nc3ccccc3)n3nccc3n2)c1. The molecule has 0 spiro atoms. The first-order valence-electron chi connectivity index (χ1n) is 7.26. The molecule has 0 aliphatic carbocycles. The van der Waals surface area contributed by atoms with Crippen molar-refractivity contribution < 1.29 is 5.11 Å². The van der Waals surface area contributed by atoms with E-state index in [2.05, 4.69) is 15.4 Å². The van der Waals surface area contributed by atoms with Gasteiger partial charge in [0.2, 0.25) is 0 Å². The summed E-state index contributed by atoms with van der Waals surface area (Å²) >= 11 is 0. The number of para-hydroxylation sites is 1. The first kappa shape index (κ1) is 13.3. The van der Waals surface area contributed by atoms with Crippen LogP contribution in [0.4, 0.5) is 11.5 Å². The molecule has 2 N–H and O–H groups in total. The normalized spacial score (nSPS) is 10.8. The third-order valence-corrected chi connectivity index (χ3v) is 3.55. The first-order valence-corrected chi connectivity index (χ1v) is 7.26. The molecule has 2 aromatic carbocycles. The first-order chi connectivity index (χ1) is 11.3. The van der Waals surface area contributed by atoms with Crippen molar-refractivity contribution in [1.29, 1.82) is 0 Å². The number of hydrogen-bond acceptors (Lipinski definition) is 4. The highest BCUT2D eigenvalue weighted by molar-refractivity contribution is 5.70. The minimum atomic E-state index is 0.218. The monoisotopic (exact) mass is 302 g/mol. The summed E-state index contributed by atoms with van der Waals surface area (Å²) in [5.74, 6) is 1.03. The summed E-state index contributed by atoms with van der Waals surface area (Å²) in [6.45, 7) is 0. The molecule has 0 saturated carbocycles. The molecule has 4 rings (SSSR count). The Bertz CT molecular complexity index is 963. The van der Waals surface area contributed by atoms with E-state index < -0.39 is 0 Å². The fraction of sp³-hybridized carbons (Fsp3) is 0. The molecule has 0 fully saturated rings. The Morgan fingerprint density at radius 2 is 1.78 bits per heavy atom. The second kappa shape index (κ2) is 5.46. The molecule has 112 valence electrons. The average Bonchev–Trinajstić information content (AvgIpc) is 3.05. The van der Waals surface area contributed by atoms with E-state index in [-0.39, 0.29) is 5.75 Å². The van der Waals surface area contributed by atoms with Gasteiger partial charge in [-0.3, -0.25) is 0 Å². The lowest BCUT2D eigenvalue weighted by Crippen LogP contribution is -2.02. The second-order valence-electron chi connectivity index (χ2n) is 5.17. The van der Waals surface area contributed by atoms with Crippen LogP contribution in [0.15, 0.2) is 72.9 Å². The molecule has 0 aliphatic heterocycles. The zero-order valence-corrected chi connectivity index (χ0v) is 12.2. The average molecular weight is 302 g/mol. The van der Waals surface area contributed by atoms with E-state index in [0.29, 0.717) is 0 Å². The van der Waals surface area contributed by atoms with Crippen molar-refractivity contribution >= 4 is 17.2 Å². The van der Waals surface area contributed by atoms with Gasteiger partial charge in [-0.1, -0.05) is 30.3 Å². The molecule has 0 saturated heterocycles. The molecular weight excluding hydrogens is 288 g/mol. The Labute approximate surface area is 132 Å². The van der Waals surface area contributed by atoms with Crippen molar-refractivity contribution in [2.45, 2.75) is 0 Å². The summed E-state index contributed by atoms with van der Waals surface area (Å²) < 4.78 is 1.75. The van der Waals surface area contributed by atoms with Gasteiger partial charge in [-0.05, 0) is 24.3 Å². The fourth-order valence-corrected chi connectivity index (χ4v) is 2.48. The van der Waals surface area contributed by atoms with Gasteiger partial charge in [0.15, 0.2) is 5.65 Å². The molecule has 0 unspecified atom stereocenters. The molecule has 0 bridgehead atoms. The molecule has 2 heterocycles. The summed E-state index contributed by atoms with van der Waals surface area (Å²) in [5.41, 5.74) is 3.33. The van der Waals surface area contributed by atoms with Crippen LogP contribution in [0.5, 0.6) is 5.75 Å². The summed E-state index contributed by atoms with van der Waals surface area (Å²) in [4.78, 5) is 4.60. The van der Waals surface area contributed by atoms with Crippen LogP contribution in [0.3, 0.4) is 0 Å². The van der Waals surface area contributed by atoms with Gasteiger partial charge in [-0.2, -0.15) is 9.61 Å². The van der Waals surface area contributed by atoms with Crippen LogP contribution in [-0.2, 0) is 0 Å². The molecule has 0 aliphatic rings. The van der Waals surface area contributed by atoms with E-state index in [1.54, 1.807) is 28.9 Å². The van der Waals surface area contributed by atoms with Crippen molar-refractivity contribution in [2.24, 2.45) is 0 Å². The maximum atomic E-state index is 9.69. The lowest BCUT2D eigenvalue weighted by atomic mass is 10.1. The van der Waals surface area contributed by atoms with E-state index in [9.17, 15) is 5.11 Å². The van der Waals surface area contributed by atoms with Gasteiger partial charge in [0.05, 0.1) is 11.9 Å². The number of anilines is 2. The number of phenols is 1. The van der Waals surface area contributed by atoms with Crippen molar-refractivity contribution in [3.8, 4) is 17.0 Å². The Balaban J connectivity index is 1.84. The zero-order chi connectivity index (χ0) is 15.6. The van der Waals surface area contributed by atoms with E-state index >= 15 is 0 Å². The van der Waals surface area contributed by atoms with Crippen LogP contribution >= 0.6 is 0 Å². The lowest BCUT2D eigenvalue weighted by molar-refractivity contribution is 0.475. The second-order valence-corrected chi connectivity index (χ2v) is 5.17. The Kier molecular flexibility index (Phi) is 3.16. The van der Waals surface area contributed by atoms with Gasteiger partial charge in [0.1, 0.15) is 11.6 Å². The summed E-state index contributed by atoms with van der Waals surface area (Å²) in [6.07, 6.45) is 1.71. The third kappa shape index (κ3) is 2.60. The Morgan fingerprint density at radius 1 is 0.913 bits per heavy atom. The smallest absolute Gasteiger partial charge is 0.157 e. The van der Waals surface area contributed by atoms with Gasteiger partial charge in [-0.15, -0.1) is 0 Å². The Hall–Kier alpha value is -3.34. The third-order valence-electron chi connectivity index (χ3n) is 3.55. The van der Waals surface area contributed by atoms with Crippen LogP contribution in [-0.4, -0.2) is 19.7 Å². The number of fused-ring (bicyclic) bond motifs is 1. The maximum Gasteiger partial charge on any atom is 0.157 e. The van der Waals surface area contributed by atoms with E-state index in [1.165, 1.54) is 0 Å². The van der Waals surface area contributed by atoms with Crippen molar-refractivity contribution in [3.05, 3.63) is 72.9 Å². The molecule has 23 heavy (non-hydrogen) atoms.